The van der Waals surface area contributed by atoms with E-state index in [1.807, 2.05) is 25.1 Å². The van der Waals surface area contributed by atoms with E-state index in [1.54, 1.807) is 0 Å². The highest BCUT2D eigenvalue weighted by Gasteiger charge is 2.16. The van der Waals surface area contributed by atoms with Crippen molar-refractivity contribution < 1.29 is 4.79 Å². The number of amides is 2. The van der Waals surface area contributed by atoms with Crippen molar-refractivity contribution in [3.05, 3.63) is 30.1 Å². The van der Waals surface area contributed by atoms with Gasteiger partial charge in [-0.15, -0.1) is 0 Å². The van der Waals surface area contributed by atoms with Crippen LogP contribution in [0, 0.1) is 0 Å². The molecule has 0 unspecified atom stereocenters. The highest BCUT2D eigenvalue weighted by atomic mass is 16.2. The normalized spacial score (nSPS) is 10.9. The van der Waals surface area contributed by atoms with E-state index in [2.05, 4.69) is 33.2 Å². The molecule has 2 amide bonds. The second-order valence-electron chi connectivity index (χ2n) is 7.38. The van der Waals surface area contributed by atoms with Gasteiger partial charge in [-0.1, -0.05) is 45.9 Å². The van der Waals surface area contributed by atoms with E-state index in [0.29, 0.717) is 18.9 Å². The molecule has 0 atom stereocenters. The lowest BCUT2D eigenvalue weighted by atomic mass is 10.2. The van der Waals surface area contributed by atoms with Crippen molar-refractivity contribution in [1.82, 2.24) is 25.2 Å². The number of hydrogen-bond acceptors (Lipinski definition) is 4. The Balaban J connectivity index is 0.00000320. The summed E-state index contributed by atoms with van der Waals surface area (Å²) in [5.41, 5.74) is 9.01. The third-order valence-electron chi connectivity index (χ3n) is 5.07. The molecule has 7 heteroatoms. The van der Waals surface area contributed by atoms with Crippen molar-refractivity contribution in [2.24, 2.45) is 0 Å². The standard InChI is InChI=1S/C22H32N6O.CH4/c1-3-5-12-18-27-19-20(16-10-6-7-11-17(16)26-21(19)23)28(18)15-9-8-14-25-22(29)24-13-4-2;/h6-7,10-11H,3-5,8-9,12-15H2,1-2H3,(H2,23,26)(H2,24,25,29);1H4. The number of carbonyl (C=O) groups excluding carboxylic acids is 1. The zero-order chi connectivity index (χ0) is 20.6. The maximum atomic E-state index is 11.7. The molecule has 30 heavy (non-hydrogen) atoms. The molecule has 7 nitrogen and oxygen atoms in total. The zero-order valence-corrected chi connectivity index (χ0v) is 17.5. The van der Waals surface area contributed by atoms with Gasteiger partial charge in [-0.25, -0.2) is 14.8 Å². The first-order valence-corrected chi connectivity index (χ1v) is 10.7. The van der Waals surface area contributed by atoms with Gasteiger partial charge in [0.15, 0.2) is 5.82 Å². The van der Waals surface area contributed by atoms with Crippen LogP contribution < -0.4 is 16.4 Å². The fourth-order valence-electron chi connectivity index (χ4n) is 3.57. The lowest BCUT2D eigenvalue weighted by Gasteiger charge is -2.11. The predicted molar refractivity (Wildman–Crippen MR) is 126 cm³/mol. The van der Waals surface area contributed by atoms with Crippen LogP contribution in [0.1, 0.15) is 59.2 Å². The number of pyridine rings is 1. The first kappa shape index (κ1) is 23.4. The quantitative estimate of drug-likeness (QED) is 0.423. The summed E-state index contributed by atoms with van der Waals surface area (Å²) >= 11 is 0. The van der Waals surface area contributed by atoms with Crippen molar-refractivity contribution >= 4 is 33.8 Å². The number of aromatic nitrogens is 3. The van der Waals surface area contributed by atoms with E-state index in [0.717, 1.165) is 72.8 Å². The number of anilines is 1. The van der Waals surface area contributed by atoms with Crippen LogP contribution in [-0.2, 0) is 13.0 Å². The molecular weight excluding hydrogens is 376 g/mol. The highest BCUT2D eigenvalue weighted by Crippen LogP contribution is 2.29. The Hall–Kier alpha value is -2.83. The van der Waals surface area contributed by atoms with Crippen LogP contribution in [0.25, 0.3) is 21.9 Å². The summed E-state index contributed by atoms with van der Waals surface area (Å²) in [6, 6.07) is 8.00. The van der Waals surface area contributed by atoms with Gasteiger partial charge in [0.25, 0.3) is 0 Å². The average Bonchev–Trinajstić information content (AvgIpc) is 3.10. The van der Waals surface area contributed by atoms with Gasteiger partial charge in [-0.05, 0) is 31.7 Å². The maximum Gasteiger partial charge on any atom is 0.314 e. The number of imidazole rings is 1. The second-order valence-corrected chi connectivity index (χ2v) is 7.38. The number of fused-ring (bicyclic) bond motifs is 3. The molecule has 1 aromatic carbocycles. The summed E-state index contributed by atoms with van der Waals surface area (Å²) < 4.78 is 2.31. The molecule has 0 spiro atoms. The number of para-hydroxylation sites is 1. The minimum Gasteiger partial charge on any atom is -0.382 e. The number of rotatable bonds is 10. The Morgan fingerprint density at radius 1 is 1.03 bits per heavy atom. The Kier molecular flexibility index (Phi) is 8.89. The number of carbonyl (C=O) groups is 1. The molecular formula is C23H36N6O. The number of unbranched alkanes of at least 4 members (excludes halogenated alkanes) is 2. The SMILES string of the molecule is C.CCCCc1nc2c(N)nc3ccccc3c2n1CCCCNC(=O)NCCC. The number of urea groups is 1. The fraction of sp³-hybridized carbons (Fsp3) is 0.522. The molecule has 164 valence electrons. The molecule has 0 saturated carbocycles. The fourth-order valence-corrected chi connectivity index (χ4v) is 3.57. The third-order valence-corrected chi connectivity index (χ3v) is 5.07. The van der Waals surface area contributed by atoms with Gasteiger partial charge >= 0.3 is 6.03 Å². The molecule has 0 aliphatic carbocycles. The number of benzene rings is 1. The topological polar surface area (TPSA) is 97.9 Å². The Bertz CT molecular complexity index is 965. The van der Waals surface area contributed by atoms with Crippen LogP contribution in [0.4, 0.5) is 10.6 Å². The minimum absolute atomic E-state index is 0. The summed E-state index contributed by atoms with van der Waals surface area (Å²) in [5, 5.41) is 6.84. The van der Waals surface area contributed by atoms with E-state index in [1.165, 1.54) is 0 Å². The van der Waals surface area contributed by atoms with Gasteiger partial charge in [0.05, 0.1) is 11.0 Å². The van der Waals surface area contributed by atoms with Gasteiger partial charge in [0.2, 0.25) is 0 Å². The Morgan fingerprint density at radius 2 is 1.80 bits per heavy atom. The summed E-state index contributed by atoms with van der Waals surface area (Å²) in [6.07, 6.45) is 5.94. The van der Waals surface area contributed by atoms with Gasteiger partial charge < -0.3 is 20.9 Å². The smallest absolute Gasteiger partial charge is 0.314 e. The number of nitrogens with two attached hydrogens (primary N) is 1. The van der Waals surface area contributed by atoms with Crippen molar-refractivity contribution in [1.29, 1.82) is 0 Å². The molecule has 0 radical (unpaired) electrons. The first-order chi connectivity index (χ1) is 14.2. The zero-order valence-electron chi connectivity index (χ0n) is 17.5. The van der Waals surface area contributed by atoms with Crippen molar-refractivity contribution in [2.45, 2.75) is 66.3 Å². The van der Waals surface area contributed by atoms with Gasteiger partial charge in [-0.3, -0.25) is 0 Å². The van der Waals surface area contributed by atoms with Crippen LogP contribution in [0.15, 0.2) is 24.3 Å². The molecule has 3 aromatic rings. The lowest BCUT2D eigenvalue weighted by Crippen LogP contribution is -2.36. The number of hydrogen-bond donors (Lipinski definition) is 3. The van der Waals surface area contributed by atoms with Crippen LogP contribution in [-0.4, -0.2) is 33.7 Å². The highest BCUT2D eigenvalue weighted by molar-refractivity contribution is 6.06. The lowest BCUT2D eigenvalue weighted by molar-refractivity contribution is 0.240. The van der Waals surface area contributed by atoms with Crippen molar-refractivity contribution in [2.75, 3.05) is 18.8 Å². The van der Waals surface area contributed by atoms with E-state index in [4.69, 9.17) is 10.7 Å². The van der Waals surface area contributed by atoms with Crippen LogP contribution in [0.2, 0.25) is 0 Å². The molecule has 0 aliphatic heterocycles. The molecule has 4 N–H and O–H groups in total. The number of aryl methyl sites for hydroxylation is 2. The Labute approximate surface area is 179 Å². The molecule has 2 aromatic heterocycles. The maximum absolute atomic E-state index is 11.7. The van der Waals surface area contributed by atoms with Gasteiger partial charge in [-0.2, -0.15) is 0 Å². The average molecular weight is 413 g/mol. The monoisotopic (exact) mass is 412 g/mol. The molecule has 0 saturated heterocycles. The number of nitrogens with zero attached hydrogens (tertiary/aromatic N) is 3. The third kappa shape index (κ3) is 5.40. The van der Waals surface area contributed by atoms with Gasteiger partial charge in [0, 0.05) is 31.4 Å². The van der Waals surface area contributed by atoms with Crippen LogP contribution >= 0.6 is 0 Å². The Morgan fingerprint density at radius 3 is 2.57 bits per heavy atom. The van der Waals surface area contributed by atoms with Crippen LogP contribution in [0.5, 0.6) is 0 Å². The molecule has 2 heterocycles. The summed E-state index contributed by atoms with van der Waals surface area (Å²) in [4.78, 5) is 21.1. The first-order valence-electron chi connectivity index (χ1n) is 10.7. The molecule has 3 rings (SSSR count). The molecule has 0 aliphatic rings. The van der Waals surface area contributed by atoms with Gasteiger partial charge in [0.1, 0.15) is 11.3 Å². The van der Waals surface area contributed by atoms with E-state index >= 15 is 0 Å². The van der Waals surface area contributed by atoms with Crippen molar-refractivity contribution in [3.63, 3.8) is 0 Å². The summed E-state index contributed by atoms with van der Waals surface area (Å²) in [6.45, 7) is 6.44. The summed E-state index contributed by atoms with van der Waals surface area (Å²) in [7, 11) is 0. The summed E-state index contributed by atoms with van der Waals surface area (Å²) in [5.74, 6) is 1.56. The predicted octanol–water partition coefficient (Wildman–Crippen LogP) is 4.63. The largest absolute Gasteiger partial charge is 0.382 e. The second kappa shape index (κ2) is 11.4. The van der Waals surface area contributed by atoms with E-state index in [-0.39, 0.29) is 13.5 Å². The molecule has 0 fully saturated rings. The van der Waals surface area contributed by atoms with E-state index < -0.39 is 0 Å². The minimum atomic E-state index is -0.0894. The number of nitrogen functional groups attached to an aromatic ring is 1. The molecule has 0 bridgehead atoms. The van der Waals surface area contributed by atoms with E-state index in [9.17, 15) is 4.79 Å². The number of nitrogens with one attached hydrogen (secondary N) is 2. The van der Waals surface area contributed by atoms with Crippen LogP contribution in [0.3, 0.4) is 0 Å². The van der Waals surface area contributed by atoms with Crippen molar-refractivity contribution in [3.8, 4) is 0 Å².